The number of aromatic nitrogens is 2. The summed E-state index contributed by atoms with van der Waals surface area (Å²) in [5.74, 6) is 2.34. The van der Waals surface area contributed by atoms with Gasteiger partial charge in [0.05, 0.1) is 19.3 Å². The SMILES string of the molecule is COc1ccc(C2CCC(CN(C(=O)C3CCC(C(=O)CCCO)CC3)c3cccc(-c4cnn(C5CC5)c4)c3)CC2)cc1C. The molecular weight excluding hydrogens is 562 g/mol. The van der Waals surface area contributed by atoms with Crippen LogP contribution in [0.3, 0.4) is 0 Å². The highest BCUT2D eigenvalue weighted by atomic mass is 16.5. The van der Waals surface area contributed by atoms with Gasteiger partial charge in [-0.2, -0.15) is 5.10 Å². The Hall–Kier alpha value is -3.45. The normalized spacial score (nSPS) is 23.4. The highest BCUT2D eigenvalue weighted by molar-refractivity contribution is 5.96. The molecule has 0 unspecified atom stereocenters. The van der Waals surface area contributed by atoms with Gasteiger partial charge < -0.3 is 14.7 Å². The molecule has 0 atom stereocenters. The smallest absolute Gasteiger partial charge is 0.230 e. The van der Waals surface area contributed by atoms with Crippen LogP contribution in [0.2, 0.25) is 0 Å². The molecule has 3 aliphatic rings. The van der Waals surface area contributed by atoms with Crippen molar-refractivity contribution in [1.29, 1.82) is 0 Å². The van der Waals surface area contributed by atoms with Gasteiger partial charge in [-0.05, 0) is 124 Å². The van der Waals surface area contributed by atoms with Crippen LogP contribution < -0.4 is 9.64 Å². The van der Waals surface area contributed by atoms with E-state index in [0.717, 1.165) is 80.5 Å². The minimum absolute atomic E-state index is 0.0252. The molecule has 0 aliphatic heterocycles. The summed E-state index contributed by atoms with van der Waals surface area (Å²) in [6, 6.07) is 15.6. The Bertz CT molecular complexity index is 1460. The van der Waals surface area contributed by atoms with Crippen molar-refractivity contribution in [3.05, 3.63) is 66.0 Å². The van der Waals surface area contributed by atoms with E-state index >= 15 is 0 Å². The van der Waals surface area contributed by atoms with Crippen LogP contribution in [-0.4, -0.2) is 46.8 Å². The number of hydrogen-bond acceptors (Lipinski definition) is 5. The van der Waals surface area contributed by atoms with Gasteiger partial charge in [-0.15, -0.1) is 0 Å². The van der Waals surface area contributed by atoms with Crippen LogP contribution in [0.4, 0.5) is 5.69 Å². The fourth-order valence-electron chi connectivity index (χ4n) is 7.63. The van der Waals surface area contributed by atoms with Gasteiger partial charge in [-0.25, -0.2) is 0 Å². The predicted molar refractivity (Wildman–Crippen MR) is 177 cm³/mol. The van der Waals surface area contributed by atoms with Crippen LogP contribution >= 0.6 is 0 Å². The summed E-state index contributed by atoms with van der Waals surface area (Å²) in [6.45, 7) is 2.89. The van der Waals surface area contributed by atoms with Gasteiger partial charge in [0.25, 0.3) is 0 Å². The van der Waals surface area contributed by atoms with Crippen molar-refractivity contribution in [2.75, 3.05) is 25.2 Å². The summed E-state index contributed by atoms with van der Waals surface area (Å²) in [6.07, 6.45) is 14.9. The van der Waals surface area contributed by atoms with Crippen LogP contribution in [-0.2, 0) is 9.59 Å². The molecule has 1 aromatic heterocycles. The van der Waals surface area contributed by atoms with E-state index in [2.05, 4.69) is 70.3 Å². The number of rotatable bonds is 12. The molecule has 2 aromatic carbocycles. The molecule has 240 valence electrons. The van der Waals surface area contributed by atoms with Crippen molar-refractivity contribution in [2.24, 2.45) is 17.8 Å². The number of Topliss-reactive ketones (excluding diaryl/α,β-unsaturated/α-hetero) is 1. The maximum absolute atomic E-state index is 14.3. The third-order valence-corrected chi connectivity index (χ3v) is 10.6. The predicted octanol–water partition coefficient (Wildman–Crippen LogP) is 7.66. The zero-order chi connectivity index (χ0) is 31.3. The maximum atomic E-state index is 14.3. The van der Waals surface area contributed by atoms with Crippen molar-refractivity contribution in [2.45, 2.75) is 95.9 Å². The molecule has 45 heavy (non-hydrogen) atoms. The molecule has 3 aromatic rings. The Morgan fingerprint density at radius 2 is 1.69 bits per heavy atom. The molecule has 6 rings (SSSR count). The van der Waals surface area contributed by atoms with Crippen LogP contribution in [0.15, 0.2) is 54.9 Å². The Kier molecular flexibility index (Phi) is 10.0. The van der Waals surface area contributed by atoms with E-state index in [-0.39, 0.29) is 30.1 Å². The third kappa shape index (κ3) is 7.51. The number of aliphatic hydroxyl groups excluding tert-OH is 1. The maximum Gasteiger partial charge on any atom is 0.230 e. The number of anilines is 1. The number of aliphatic hydroxyl groups is 1. The number of amides is 1. The number of benzene rings is 2. The van der Waals surface area contributed by atoms with Gasteiger partial charge in [0, 0.05) is 48.9 Å². The van der Waals surface area contributed by atoms with Crippen molar-refractivity contribution in [3.8, 4) is 16.9 Å². The summed E-state index contributed by atoms with van der Waals surface area (Å²) in [7, 11) is 1.72. The topological polar surface area (TPSA) is 84.7 Å². The lowest BCUT2D eigenvalue weighted by Gasteiger charge is -2.36. The first-order valence-electron chi connectivity index (χ1n) is 17.2. The number of hydrogen-bond donors (Lipinski definition) is 1. The molecule has 0 bridgehead atoms. The first-order valence-corrected chi connectivity index (χ1v) is 17.2. The molecule has 1 amide bonds. The number of methoxy groups -OCH3 is 1. The second-order valence-corrected chi connectivity index (χ2v) is 13.7. The second kappa shape index (κ2) is 14.3. The van der Waals surface area contributed by atoms with E-state index in [0.29, 0.717) is 30.7 Å². The molecule has 7 heteroatoms. The van der Waals surface area contributed by atoms with Gasteiger partial charge in [0.15, 0.2) is 0 Å². The van der Waals surface area contributed by atoms with Gasteiger partial charge >= 0.3 is 0 Å². The van der Waals surface area contributed by atoms with E-state index < -0.39 is 0 Å². The molecule has 7 nitrogen and oxygen atoms in total. The van der Waals surface area contributed by atoms with Gasteiger partial charge in [0.2, 0.25) is 5.91 Å². The lowest BCUT2D eigenvalue weighted by molar-refractivity contribution is -0.128. The Morgan fingerprint density at radius 1 is 0.933 bits per heavy atom. The summed E-state index contributed by atoms with van der Waals surface area (Å²) in [4.78, 5) is 29.0. The molecule has 1 N–H and O–H groups in total. The first-order chi connectivity index (χ1) is 21.9. The largest absolute Gasteiger partial charge is 0.496 e. The first kappa shape index (κ1) is 31.5. The second-order valence-electron chi connectivity index (χ2n) is 13.7. The fourth-order valence-corrected chi connectivity index (χ4v) is 7.63. The van der Waals surface area contributed by atoms with Crippen LogP contribution in [0.1, 0.15) is 100 Å². The van der Waals surface area contributed by atoms with Gasteiger partial charge in [-0.1, -0.05) is 24.3 Å². The molecule has 0 saturated heterocycles. The fraction of sp³-hybridized carbons (Fsp3) is 0.553. The molecule has 3 fully saturated rings. The summed E-state index contributed by atoms with van der Waals surface area (Å²) < 4.78 is 7.56. The highest BCUT2D eigenvalue weighted by Crippen LogP contribution is 2.40. The minimum Gasteiger partial charge on any atom is -0.496 e. The molecule has 3 saturated carbocycles. The Morgan fingerprint density at radius 3 is 2.38 bits per heavy atom. The van der Waals surface area contributed by atoms with Crippen molar-refractivity contribution < 1.29 is 19.4 Å². The average Bonchev–Trinajstić information content (AvgIpc) is 3.81. The molecule has 3 aliphatic carbocycles. The van der Waals surface area contributed by atoms with E-state index in [1.165, 1.54) is 24.0 Å². The standard InChI is InChI=1S/C38H49N3O4/c1-26-21-32(16-19-37(26)45-2)28-10-8-27(9-11-28)24-40(38(44)30-14-12-29(13-15-30)36(43)7-4-20-42)35-6-3-5-31(22-35)33-23-39-41(25-33)34-17-18-34/h3,5-6,16,19,21-23,25,27-30,34,42H,4,7-15,17-18,20,24H2,1-2H3. The number of carbonyl (C=O) groups is 2. The molecule has 1 heterocycles. The van der Waals surface area contributed by atoms with E-state index in [9.17, 15) is 9.59 Å². The summed E-state index contributed by atoms with van der Waals surface area (Å²) in [5, 5.41) is 13.7. The number of ether oxygens (including phenoxy) is 1. The van der Waals surface area contributed by atoms with E-state index in [4.69, 9.17) is 9.84 Å². The quantitative estimate of drug-likeness (QED) is 0.227. The molecule has 0 radical (unpaired) electrons. The lowest BCUT2D eigenvalue weighted by atomic mass is 9.77. The zero-order valence-electron chi connectivity index (χ0n) is 27.0. The number of nitrogens with zero attached hydrogens (tertiary/aromatic N) is 3. The van der Waals surface area contributed by atoms with Gasteiger partial charge in [0.1, 0.15) is 11.5 Å². The average molecular weight is 612 g/mol. The monoisotopic (exact) mass is 611 g/mol. The summed E-state index contributed by atoms with van der Waals surface area (Å²) in [5.41, 5.74) is 5.72. The van der Waals surface area contributed by atoms with Crippen molar-refractivity contribution in [1.82, 2.24) is 9.78 Å². The Labute approximate surface area is 268 Å². The van der Waals surface area contributed by atoms with Crippen LogP contribution in [0, 0.1) is 24.7 Å². The number of carbonyl (C=O) groups excluding carboxylic acids is 2. The number of aryl methyl sites for hydroxylation is 1. The van der Waals surface area contributed by atoms with Crippen LogP contribution in [0.25, 0.3) is 11.1 Å². The van der Waals surface area contributed by atoms with Crippen molar-refractivity contribution in [3.63, 3.8) is 0 Å². The van der Waals surface area contributed by atoms with E-state index in [1.807, 2.05) is 6.20 Å². The zero-order valence-corrected chi connectivity index (χ0v) is 27.0. The van der Waals surface area contributed by atoms with E-state index in [1.54, 1.807) is 7.11 Å². The molecular formula is C38H49N3O4. The molecule has 0 spiro atoms. The Balaban J connectivity index is 1.17. The minimum atomic E-state index is -0.0632. The number of ketones is 1. The third-order valence-electron chi connectivity index (χ3n) is 10.6. The summed E-state index contributed by atoms with van der Waals surface area (Å²) >= 11 is 0. The van der Waals surface area contributed by atoms with Crippen molar-refractivity contribution >= 4 is 17.4 Å². The lowest BCUT2D eigenvalue weighted by Crippen LogP contribution is -2.41. The van der Waals surface area contributed by atoms with Crippen LogP contribution in [0.5, 0.6) is 5.75 Å². The highest BCUT2D eigenvalue weighted by Gasteiger charge is 2.34. The van der Waals surface area contributed by atoms with Gasteiger partial charge in [-0.3, -0.25) is 14.3 Å².